The van der Waals surface area contributed by atoms with Gasteiger partial charge in [0.15, 0.2) is 0 Å². The number of aliphatic hydroxyl groups is 1. The van der Waals surface area contributed by atoms with Crippen molar-refractivity contribution in [3.8, 4) is 11.4 Å². The van der Waals surface area contributed by atoms with Crippen LogP contribution in [0, 0.1) is 6.92 Å². The summed E-state index contributed by atoms with van der Waals surface area (Å²) >= 11 is 0. The predicted molar refractivity (Wildman–Crippen MR) is 77.0 cm³/mol. The molecule has 3 aromatic rings. The van der Waals surface area contributed by atoms with Crippen molar-refractivity contribution in [2.24, 2.45) is 0 Å². The van der Waals surface area contributed by atoms with Crippen molar-refractivity contribution in [3.05, 3.63) is 54.1 Å². The number of aromatic nitrogens is 2. The summed E-state index contributed by atoms with van der Waals surface area (Å²) in [7, 11) is 0. The van der Waals surface area contributed by atoms with Crippen LogP contribution in [-0.2, 0) is 6.54 Å². The van der Waals surface area contributed by atoms with Crippen LogP contribution >= 0.6 is 0 Å². The maximum absolute atomic E-state index is 9.27. The van der Waals surface area contributed by atoms with Crippen LogP contribution in [0.1, 0.15) is 5.56 Å². The monoisotopic (exact) mass is 252 g/mol. The molecule has 0 amide bonds. The number of imidazole rings is 1. The maximum atomic E-state index is 9.27. The van der Waals surface area contributed by atoms with E-state index >= 15 is 0 Å². The zero-order valence-corrected chi connectivity index (χ0v) is 10.9. The predicted octanol–water partition coefficient (Wildman–Crippen LogP) is 3.00. The number of hydrogen-bond donors (Lipinski definition) is 1. The second kappa shape index (κ2) is 4.86. The van der Waals surface area contributed by atoms with E-state index in [9.17, 15) is 5.11 Å². The first kappa shape index (κ1) is 11.9. The van der Waals surface area contributed by atoms with Gasteiger partial charge in [-0.1, -0.05) is 35.9 Å². The molecule has 0 aliphatic heterocycles. The topological polar surface area (TPSA) is 38.0 Å². The van der Waals surface area contributed by atoms with Crippen molar-refractivity contribution < 1.29 is 5.11 Å². The van der Waals surface area contributed by atoms with Gasteiger partial charge in [0, 0.05) is 12.1 Å². The number of para-hydroxylation sites is 2. The van der Waals surface area contributed by atoms with E-state index in [0.29, 0.717) is 6.54 Å². The van der Waals surface area contributed by atoms with Gasteiger partial charge < -0.3 is 9.67 Å². The minimum Gasteiger partial charge on any atom is -0.395 e. The molecule has 0 aliphatic rings. The zero-order chi connectivity index (χ0) is 13.2. The molecule has 0 bridgehead atoms. The lowest BCUT2D eigenvalue weighted by Crippen LogP contribution is -2.04. The van der Waals surface area contributed by atoms with E-state index in [4.69, 9.17) is 4.98 Å². The van der Waals surface area contributed by atoms with Gasteiger partial charge in [-0.3, -0.25) is 0 Å². The maximum Gasteiger partial charge on any atom is 0.141 e. The molecule has 0 unspecified atom stereocenters. The summed E-state index contributed by atoms with van der Waals surface area (Å²) < 4.78 is 2.07. The molecule has 2 aromatic carbocycles. The Labute approximate surface area is 112 Å². The first-order valence-electron chi connectivity index (χ1n) is 6.43. The first-order valence-corrected chi connectivity index (χ1v) is 6.43. The number of aliphatic hydroxyl groups excluding tert-OH is 1. The molecule has 0 aliphatic carbocycles. The van der Waals surface area contributed by atoms with Crippen molar-refractivity contribution in [1.82, 2.24) is 9.55 Å². The van der Waals surface area contributed by atoms with Crippen molar-refractivity contribution in [2.45, 2.75) is 13.5 Å². The van der Waals surface area contributed by atoms with Gasteiger partial charge in [-0.2, -0.15) is 0 Å². The molecule has 0 saturated carbocycles. The summed E-state index contributed by atoms with van der Waals surface area (Å²) in [5.41, 5.74) is 4.32. The fourth-order valence-corrected chi connectivity index (χ4v) is 2.41. The van der Waals surface area contributed by atoms with Crippen LogP contribution in [0.3, 0.4) is 0 Å². The van der Waals surface area contributed by atoms with Crippen molar-refractivity contribution in [2.75, 3.05) is 6.61 Å². The Morgan fingerprint density at radius 3 is 2.74 bits per heavy atom. The quantitative estimate of drug-likeness (QED) is 0.778. The normalized spacial score (nSPS) is 11.1. The average Bonchev–Trinajstić information content (AvgIpc) is 2.79. The Kier molecular flexibility index (Phi) is 3.05. The highest BCUT2D eigenvalue weighted by Gasteiger charge is 2.11. The van der Waals surface area contributed by atoms with E-state index in [1.165, 1.54) is 5.56 Å². The smallest absolute Gasteiger partial charge is 0.141 e. The Balaban J connectivity index is 2.25. The van der Waals surface area contributed by atoms with Crippen LogP contribution in [-0.4, -0.2) is 21.3 Å². The summed E-state index contributed by atoms with van der Waals surface area (Å²) in [5, 5.41) is 9.27. The van der Waals surface area contributed by atoms with Gasteiger partial charge in [0.1, 0.15) is 5.82 Å². The summed E-state index contributed by atoms with van der Waals surface area (Å²) in [5.74, 6) is 0.916. The van der Waals surface area contributed by atoms with Gasteiger partial charge in [-0.05, 0) is 25.1 Å². The van der Waals surface area contributed by atoms with Crippen LogP contribution in [0.15, 0.2) is 48.5 Å². The molecule has 0 atom stereocenters. The number of fused-ring (bicyclic) bond motifs is 1. The highest BCUT2D eigenvalue weighted by molar-refractivity contribution is 5.80. The van der Waals surface area contributed by atoms with E-state index in [0.717, 1.165) is 22.4 Å². The third kappa shape index (κ3) is 2.13. The highest BCUT2D eigenvalue weighted by atomic mass is 16.3. The van der Waals surface area contributed by atoms with Gasteiger partial charge in [-0.25, -0.2) is 4.98 Å². The van der Waals surface area contributed by atoms with Crippen LogP contribution in [0.4, 0.5) is 0 Å². The SMILES string of the molecule is Cc1cccc(-c2nc3ccccc3n2CCO)c1. The molecule has 1 aromatic heterocycles. The number of rotatable bonds is 3. The molecule has 0 fully saturated rings. The van der Waals surface area contributed by atoms with Gasteiger partial charge >= 0.3 is 0 Å². The molecule has 19 heavy (non-hydrogen) atoms. The molecular weight excluding hydrogens is 236 g/mol. The van der Waals surface area contributed by atoms with Crippen molar-refractivity contribution in [3.63, 3.8) is 0 Å². The van der Waals surface area contributed by atoms with Gasteiger partial charge in [-0.15, -0.1) is 0 Å². The van der Waals surface area contributed by atoms with Crippen LogP contribution in [0.2, 0.25) is 0 Å². The van der Waals surface area contributed by atoms with E-state index in [1.807, 2.05) is 30.3 Å². The number of benzene rings is 2. The molecule has 3 nitrogen and oxygen atoms in total. The summed E-state index contributed by atoms with van der Waals surface area (Å²) in [6.07, 6.45) is 0. The molecule has 3 heteroatoms. The summed E-state index contributed by atoms with van der Waals surface area (Å²) in [4.78, 5) is 4.69. The fourth-order valence-electron chi connectivity index (χ4n) is 2.41. The van der Waals surface area contributed by atoms with Crippen molar-refractivity contribution in [1.29, 1.82) is 0 Å². The van der Waals surface area contributed by atoms with E-state index in [1.54, 1.807) is 0 Å². The minimum absolute atomic E-state index is 0.110. The first-order chi connectivity index (χ1) is 9.29. The van der Waals surface area contributed by atoms with Gasteiger partial charge in [0.05, 0.1) is 17.6 Å². The molecule has 1 heterocycles. The lowest BCUT2D eigenvalue weighted by Gasteiger charge is -2.07. The summed E-state index contributed by atoms with van der Waals surface area (Å²) in [6, 6.07) is 16.3. The van der Waals surface area contributed by atoms with E-state index < -0.39 is 0 Å². The second-order valence-electron chi connectivity index (χ2n) is 4.67. The van der Waals surface area contributed by atoms with Gasteiger partial charge in [0.2, 0.25) is 0 Å². The van der Waals surface area contributed by atoms with Crippen LogP contribution in [0.25, 0.3) is 22.4 Å². The Morgan fingerprint density at radius 1 is 1.11 bits per heavy atom. The van der Waals surface area contributed by atoms with Crippen molar-refractivity contribution >= 4 is 11.0 Å². The highest BCUT2D eigenvalue weighted by Crippen LogP contribution is 2.25. The molecule has 1 N–H and O–H groups in total. The Morgan fingerprint density at radius 2 is 1.95 bits per heavy atom. The van der Waals surface area contributed by atoms with E-state index in [-0.39, 0.29) is 6.61 Å². The molecule has 3 rings (SSSR count). The number of hydrogen-bond acceptors (Lipinski definition) is 2. The Hall–Kier alpha value is -2.13. The molecule has 96 valence electrons. The average molecular weight is 252 g/mol. The zero-order valence-electron chi connectivity index (χ0n) is 10.9. The van der Waals surface area contributed by atoms with Gasteiger partial charge in [0.25, 0.3) is 0 Å². The summed E-state index contributed by atoms with van der Waals surface area (Å²) in [6.45, 7) is 2.74. The third-order valence-corrected chi connectivity index (χ3v) is 3.25. The third-order valence-electron chi connectivity index (χ3n) is 3.25. The minimum atomic E-state index is 0.110. The van der Waals surface area contributed by atoms with E-state index in [2.05, 4.69) is 29.7 Å². The number of nitrogens with zero attached hydrogens (tertiary/aromatic N) is 2. The van der Waals surface area contributed by atoms with Crippen LogP contribution in [0.5, 0.6) is 0 Å². The van der Waals surface area contributed by atoms with Crippen LogP contribution < -0.4 is 0 Å². The molecule has 0 saturated heterocycles. The molecule has 0 spiro atoms. The molecule has 0 radical (unpaired) electrons. The molecular formula is C16H16N2O. The fraction of sp³-hybridized carbons (Fsp3) is 0.188. The lowest BCUT2D eigenvalue weighted by molar-refractivity contribution is 0.278. The Bertz CT molecular complexity index is 716. The lowest BCUT2D eigenvalue weighted by atomic mass is 10.1. The largest absolute Gasteiger partial charge is 0.395 e. The standard InChI is InChI=1S/C16H16N2O/c1-12-5-4-6-13(11-12)16-17-14-7-2-3-8-15(14)18(16)9-10-19/h2-8,11,19H,9-10H2,1H3. The second-order valence-corrected chi connectivity index (χ2v) is 4.67. The number of aryl methyl sites for hydroxylation is 1.